The Hall–Kier alpha value is -0.570. The summed E-state index contributed by atoms with van der Waals surface area (Å²) in [4.78, 5) is 14.6. The van der Waals surface area contributed by atoms with E-state index in [1.807, 2.05) is 0 Å². The summed E-state index contributed by atoms with van der Waals surface area (Å²) in [7, 11) is 0. The lowest BCUT2D eigenvalue weighted by Gasteiger charge is -2.40. The number of hydrogen-bond donors (Lipinski definition) is 1. The Morgan fingerprint density at radius 1 is 1.11 bits per heavy atom. The summed E-state index contributed by atoms with van der Waals surface area (Å²) >= 11 is 0. The molecule has 1 saturated carbocycles. The van der Waals surface area contributed by atoms with Crippen molar-refractivity contribution in [2.24, 2.45) is 11.8 Å². The number of fused-ring (bicyclic) bond motifs is 1. The van der Waals surface area contributed by atoms with Crippen molar-refractivity contribution in [3.05, 3.63) is 0 Å². The molecule has 0 spiro atoms. The second-order valence-electron chi connectivity index (χ2n) is 6.63. The second kappa shape index (κ2) is 5.20. The maximum absolute atomic E-state index is 12.5. The summed E-state index contributed by atoms with van der Waals surface area (Å²) in [5.41, 5.74) is 0. The summed E-state index contributed by atoms with van der Waals surface area (Å²) < 4.78 is 0. The van der Waals surface area contributed by atoms with Crippen LogP contribution in [0.1, 0.15) is 51.9 Å². The number of carbonyl (C=O) groups is 1. The monoisotopic (exact) mass is 250 g/mol. The number of nitrogens with one attached hydrogen (secondary N) is 1. The third kappa shape index (κ3) is 2.42. The zero-order valence-corrected chi connectivity index (χ0v) is 11.5. The van der Waals surface area contributed by atoms with E-state index in [9.17, 15) is 4.79 Å². The van der Waals surface area contributed by atoms with Crippen molar-refractivity contribution >= 4 is 5.91 Å². The molecule has 2 saturated heterocycles. The molecule has 3 aliphatic rings. The van der Waals surface area contributed by atoms with Crippen molar-refractivity contribution < 1.29 is 4.79 Å². The Morgan fingerprint density at radius 3 is 2.72 bits per heavy atom. The Balaban J connectivity index is 1.58. The van der Waals surface area contributed by atoms with Crippen LogP contribution in [0.25, 0.3) is 0 Å². The third-order valence-electron chi connectivity index (χ3n) is 5.18. The molecule has 0 aromatic rings. The predicted molar refractivity (Wildman–Crippen MR) is 72.3 cm³/mol. The lowest BCUT2D eigenvalue weighted by Crippen LogP contribution is -2.55. The molecule has 2 aliphatic heterocycles. The van der Waals surface area contributed by atoms with Gasteiger partial charge in [0.15, 0.2) is 0 Å². The van der Waals surface area contributed by atoms with E-state index < -0.39 is 0 Å². The highest BCUT2D eigenvalue weighted by atomic mass is 16.2. The Bertz CT molecular complexity index is 318. The molecule has 18 heavy (non-hydrogen) atoms. The number of amides is 1. The fourth-order valence-corrected chi connectivity index (χ4v) is 4.05. The Kier molecular flexibility index (Phi) is 3.60. The number of nitrogens with zero attached hydrogens (tertiary/aromatic N) is 1. The SMILES string of the molecule is CC1CCN(C(=O)C2CCC3CCCCC3N2)C1. The topological polar surface area (TPSA) is 32.3 Å². The summed E-state index contributed by atoms with van der Waals surface area (Å²) in [5, 5.41) is 3.66. The van der Waals surface area contributed by atoms with E-state index in [-0.39, 0.29) is 6.04 Å². The number of carbonyl (C=O) groups excluding carboxylic acids is 1. The number of likely N-dealkylation sites (tertiary alicyclic amines) is 1. The van der Waals surface area contributed by atoms with Crippen LogP contribution in [0.3, 0.4) is 0 Å². The molecule has 3 fully saturated rings. The van der Waals surface area contributed by atoms with Crippen LogP contribution in [0, 0.1) is 11.8 Å². The molecule has 3 heteroatoms. The highest BCUT2D eigenvalue weighted by molar-refractivity contribution is 5.82. The maximum Gasteiger partial charge on any atom is 0.239 e. The fourth-order valence-electron chi connectivity index (χ4n) is 4.05. The average Bonchev–Trinajstić information content (AvgIpc) is 2.84. The summed E-state index contributed by atoms with van der Waals surface area (Å²) in [6, 6.07) is 0.746. The molecule has 3 nitrogen and oxygen atoms in total. The van der Waals surface area contributed by atoms with Gasteiger partial charge in [0.1, 0.15) is 0 Å². The first-order valence-corrected chi connectivity index (χ1v) is 7.79. The molecular formula is C15H26N2O. The van der Waals surface area contributed by atoms with Gasteiger partial charge in [-0.3, -0.25) is 4.79 Å². The minimum absolute atomic E-state index is 0.120. The number of rotatable bonds is 1. The summed E-state index contributed by atoms with van der Waals surface area (Å²) in [5.74, 6) is 1.92. The van der Waals surface area contributed by atoms with Gasteiger partial charge in [-0.05, 0) is 43.9 Å². The quantitative estimate of drug-likeness (QED) is 0.773. The van der Waals surface area contributed by atoms with Crippen LogP contribution in [0.2, 0.25) is 0 Å². The first-order valence-electron chi connectivity index (χ1n) is 7.79. The van der Waals surface area contributed by atoms with Crippen molar-refractivity contribution in [2.45, 2.75) is 64.0 Å². The van der Waals surface area contributed by atoms with Crippen LogP contribution >= 0.6 is 0 Å². The zero-order chi connectivity index (χ0) is 12.5. The molecular weight excluding hydrogens is 224 g/mol. The smallest absolute Gasteiger partial charge is 0.239 e. The largest absolute Gasteiger partial charge is 0.341 e. The highest BCUT2D eigenvalue weighted by Gasteiger charge is 2.37. The Morgan fingerprint density at radius 2 is 1.94 bits per heavy atom. The van der Waals surface area contributed by atoms with Gasteiger partial charge in [0.05, 0.1) is 6.04 Å². The second-order valence-corrected chi connectivity index (χ2v) is 6.63. The van der Waals surface area contributed by atoms with Crippen molar-refractivity contribution in [3.8, 4) is 0 Å². The van der Waals surface area contributed by atoms with Crippen LogP contribution < -0.4 is 5.32 Å². The summed E-state index contributed by atoms with van der Waals surface area (Å²) in [6.07, 6.45) is 8.90. The predicted octanol–water partition coefficient (Wildman–Crippen LogP) is 2.17. The molecule has 4 atom stereocenters. The average molecular weight is 250 g/mol. The van der Waals surface area contributed by atoms with Gasteiger partial charge in [0.2, 0.25) is 5.91 Å². The standard InChI is InChI=1S/C15H26N2O/c1-11-8-9-17(10-11)15(18)14-7-6-12-4-2-3-5-13(12)16-14/h11-14,16H,2-10H2,1H3. The maximum atomic E-state index is 12.5. The molecule has 0 aromatic carbocycles. The van der Waals surface area contributed by atoms with E-state index in [0.717, 1.165) is 25.4 Å². The first-order chi connectivity index (χ1) is 8.74. The van der Waals surface area contributed by atoms with E-state index >= 15 is 0 Å². The molecule has 1 aliphatic carbocycles. The number of hydrogen-bond acceptors (Lipinski definition) is 2. The van der Waals surface area contributed by atoms with Gasteiger partial charge in [0.25, 0.3) is 0 Å². The molecule has 2 heterocycles. The Labute approximate surface area is 110 Å². The van der Waals surface area contributed by atoms with Crippen LogP contribution in [0.4, 0.5) is 0 Å². The van der Waals surface area contributed by atoms with E-state index in [4.69, 9.17) is 0 Å². The van der Waals surface area contributed by atoms with Gasteiger partial charge < -0.3 is 10.2 Å². The van der Waals surface area contributed by atoms with Crippen LogP contribution in [0.5, 0.6) is 0 Å². The molecule has 0 radical (unpaired) electrons. The molecule has 4 unspecified atom stereocenters. The van der Waals surface area contributed by atoms with E-state index in [0.29, 0.717) is 17.9 Å². The van der Waals surface area contributed by atoms with Crippen molar-refractivity contribution in [1.29, 1.82) is 0 Å². The highest BCUT2D eigenvalue weighted by Crippen LogP contribution is 2.32. The lowest BCUT2D eigenvalue weighted by atomic mass is 9.77. The van der Waals surface area contributed by atoms with Crippen LogP contribution in [-0.2, 0) is 4.79 Å². The van der Waals surface area contributed by atoms with Crippen LogP contribution in [0.15, 0.2) is 0 Å². The third-order valence-corrected chi connectivity index (χ3v) is 5.18. The normalized spacial score (nSPS) is 40.6. The first kappa shape index (κ1) is 12.5. The lowest BCUT2D eigenvalue weighted by molar-refractivity contribution is -0.134. The molecule has 0 aromatic heterocycles. The molecule has 3 rings (SSSR count). The van der Waals surface area contributed by atoms with E-state index in [2.05, 4.69) is 17.1 Å². The van der Waals surface area contributed by atoms with Gasteiger partial charge in [0, 0.05) is 19.1 Å². The van der Waals surface area contributed by atoms with Gasteiger partial charge in [-0.25, -0.2) is 0 Å². The van der Waals surface area contributed by atoms with E-state index in [1.165, 1.54) is 38.5 Å². The fraction of sp³-hybridized carbons (Fsp3) is 0.933. The van der Waals surface area contributed by atoms with Crippen molar-refractivity contribution in [2.75, 3.05) is 13.1 Å². The van der Waals surface area contributed by atoms with Gasteiger partial charge in [-0.1, -0.05) is 19.8 Å². The van der Waals surface area contributed by atoms with Crippen molar-refractivity contribution in [1.82, 2.24) is 10.2 Å². The van der Waals surface area contributed by atoms with Gasteiger partial charge in [-0.2, -0.15) is 0 Å². The molecule has 1 N–H and O–H groups in total. The number of piperidine rings is 1. The minimum atomic E-state index is 0.120. The molecule has 1 amide bonds. The minimum Gasteiger partial charge on any atom is -0.341 e. The van der Waals surface area contributed by atoms with Crippen molar-refractivity contribution in [3.63, 3.8) is 0 Å². The summed E-state index contributed by atoms with van der Waals surface area (Å²) in [6.45, 7) is 4.20. The molecule has 102 valence electrons. The molecule has 0 bridgehead atoms. The van der Waals surface area contributed by atoms with Gasteiger partial charge >= 0.3 is 0 Å². The van der Waals surface area contributed by atoms with Crippen LogP contribution in [-0.4, -0.2) is 36.0 Å². The zero-order valence-electron chi connectivity index (χ0n) is 11.5. The van der Waals surface area contributed by atoms with E-state index in [1.54, 1.807) is 0 Å². The van der Waals surface area contributed by atoms with Gasteiger partial charge in [-0.15, -0.1) is 0 Å².